The maximum atomic E-state index is 12.4. The third kappa shape index (κ3) is 4.82. The minimum Gasteiger partial charge on any atom is -0.378 e. The number of rotatable bonds is 6. The van der Waals surface area contributed by atoms with Gasteiger partial charge in [-0.05, 0) is 36.4 Å². The first-order valence-electron chi connectivity index (χ1n) is 9.20. The molecule has 29 heavy (non-hydrogen) atoms. The van der Waals surface area contributed by atoms with Crippen LogP contribution in [0, 0.1) is 0 Å². The molecule has 4 rings (SSSR count). The van der Waals surface area contributed by atoms with Crippen LogP contribution < -0.4 is 14.9 Å². The second-order valence-corrected chi connectivity index (χ2v) is 8.20. The molecule has 2 heterocycles. The summed E-state index contributed by atoms with van der Waals surface area (Å²) in [7, 11) is -3.61. The van der Waals surface area contributed by atoms with Crippen LogP contribution in [0.15, 0.2) is 71.8 Å². The minimum atomic E-state index is -3.61. The predicted molar refractivity (Wildman–Crippen MR) is 112 cm³/mol. The highest BCUT2D eigenvalue weighted by molar-refractivity contribution is 7.92. The van der Waals surface area contributed by atoms with Crippen LogP contribution in [0.1, 0.15) is 0 Å². The van der Waals surface area contributed by atoms with Crippen molar-refractivity contribution < 1.29 is 13.2 Å². The zero-order valence-corrected chi connectivity index (χ0v) is 16.5. The highest BCUT2D eigenvalue weighted by Gasteiger charge is 2.14. The van der Waals surface area contributed by atoms with Crippen LogP contribution in [0.4, 0.5) is 22.9 Å². The summed E-state index contributed by atoms with van der Waals surface area (Å²) in [6, 6.07) is 17.2. The molecule has 0 amide bonds. The largest absolute Gasteiger partial charge is 0.378 e. The Bertz CT molecular complexity index is 1050. The lowest BCUT2D eigenvalue weighted by Crippen LogP contribution is -2.36. The summed E-state index contributed by atoms with van der Waals surface area (Å²) < 4.78 is 32.8. The van der Waals surface area contributed by atoms with Crippen molar-refractivity contribution in [3.8, 4) is 0 Å². The molecule has 150 valence electrons. The lowest BCUT2D eigenvalue weighted by atomic mass is 10.3. The smallest absolute Gasteiger partial charge is 0.261 e. The summed E-state index contributed by atoms with van der Waals surface area (Å²) in [5, 5.41) is 11.4. The first kappa shape index (κ1) is 19.2. The van der Waals surface area contributed by atoms with E-state index in [0.29, 0.717) is 24.7 Å². The Morgan fingerprint density at radius 2 is 1.62 bits per heavy atom. The van der Waals surface area contributed by atoms with E-state index in [1.54, 1.807) is 60.8 Å². The van der Waals surface area contributed by atoms with Crippen molar-refractivity contribution in [1.82, 2.24) is 10.2 Å². The fraction of sp³-hybridized carbons (Fsp3) is 0.200. The number of morpholine rings is 1. The number of hydrogen-bond acceptors (Lipinski definition) is 7. The second kappa shape index (κ2) is 8.46. The average molecular weight is 411 g/mol. The van der Waals surface area contributed by atoms with E-state index >= 15 is 0 Å². The van der Waals surface area contributed by atoms with E-state index in [2.05, 4.69) is 25.1 Å². The van der Waals surface area contributed by atoms with Gasteiger partial charge in [0.15, 0.2) is 5.82 Å². The Balaban J connectivity index is 1.43. The summed E-state index contributed by atoms with van der Waals surface area (Å²) in [5.41, 5.74) is 2.24. The lowest BCUT2D eigenvalue weighted by Gasteiger charge is -2.28. The summed E-state index contributed by atoms with van der Waals surface area (Å²) in [4.78, 5) is 2.42. The average Bonchev–Trinajstić information content (AvgIpc) is 2.76. The van der Waals surface area contributed by atoms with Crippen molar-refractivity contribution >= 4 is 32.9 Å². The Labute approximate surface area is 169 Å². The normalized spacial score (nSPS) is 14.4. The number of aromatic nitrogens is 2. The zero-order chi connectivity index (χ0) is 20.1. The first-order chi connectivity index (χ1) is 14.1. The Morgan fingerprint density at radius 1 is 0.931 bits per heavy atom. The van der Waals surface area contributed by atoms with Crippen LogP contribution in [0.25, 0.3) is 0 Å². The van der Waals surface area contributed by atoms with Gasteiger partial charge >= 0.3 is 0 Å². The van der Waals surface area contributed by atoms with Crippen LogP contribution in [-0.2, 0) is 14.8 Å². The molecule has 0 atom stereocenters. The summed E-state index contributed by atoms with van der Waals surface area (Å²) >= 11 is 0. The molecule has 1 aliphatic rings. The second-order valence-electron chi connectivity index (χ2n) is 6.52. The molecule has 0 bridgehead atoms. The van der Waals surface area contributed by atoms with Gasteiger partial charge in [-0.15, -0.1) is 5.10 Å². The van der Waals surface area contributed by atoms with E-state index in [-0.39, 0.29) is 4.90 Å². The predicted octanol–water partition coefficient (Wildman–Crippen LogP) is 2.86. The Kier molecular flexibility index (Phi) is 5.59. The van der Waals surface area contributed by atoms with E-state index in [1.807, 2.05) is 6.07 Å². The Hall–Kier alpha value is -3.17. The third-order valence-electron chi connectivity index (χ3n) is 4.48. The highest BCUT2D eigenvalue weighted by Crippen LogP contribution is 2.22. The molecule has 2 N–H and O–H groups in total. The number of nitrogens with one attached hydrogen (secondary N) is 2. The molecule has 0 unspecified atom stereocenters. The van der Waals surface area contributed by atoms with Crippen LogP contribution in [0.2, 0.25) is 0 Å². The molecule has 1 fully saturated rings. The van der Waals surface area contributed by atoms with Gasteiger partial charge in [0, 0.05) is 30.5 Å². The molecule has 0 spiro atoms. The maximum absolute atomic E-state index is 12.4. The van der Waals surface area contributed by atoms with Crippen LogP contribution in [0.5, 0.6) is 0 Å². The fourth-order valence-electron chi connectivity index (χ4n) is 3.00. The van der Waals surface area contributed by atoms with E-state index in [9.17, 15) is 8.42 Å². The number of anilines is 4. The van der Waals surface area contributed by atoms with Gasteiger partial charge in [0.1, 0.15) is 0 Å². The maximum Gasteiger partial charge on any atom is 0.261 e. The molecule has 2 aromatic carbocycles. The number of hydrogen-bond donors (Lipinski definition) is 2. The number of sulfonamides is 1. The van der Waals surface area contributed by atoms with Gasteiger partial charge < -0.3 is 15.0 Å². The summed E-state index contributed by atoms with van der Waals surface area (Å²) in [6.07, 6.45) is 1.73. The van der Waals surface area contributed by atoms with Gasteiger partial charge in [0.25, 0.3) is 10.0 Å². The molecule has 9 heteroatoms. The number of ether oxygens (including phenoxy) is 1. The Morgan fingerprint density at radius 3 is 2.34 bits per heavy atom. The molecule has 8 nitrogen and oxygen atoms in total. The van der Waals surface area contributed by atoms with Gasteiger partial charge in [0.05, 0.1) is 30.0 Å². The van der Waals surface area contributed by atoms with Crippen molar-refractivity contribution in [3.63, 3.8) is 0 Å². The van der Waals surface area contributed by atoms with Crippen molar-refractivity contribution in [2.45, 2.75) is 4.90 Å². The first-order valence-corrected chi connectivity index (χ1v) is 10.7. The highest BCUT2D eigenvalue weighted by atomic mass is 32.2. The zero-order valence-electron chi connectivity index (χ0n) is 15.7. The lowest BCUT2D eigenvalue weighted by molar-refractivity contribution is 0.122. The molecule has 1 saturated heterocycles. The minimum absolute atomic E-state index is 0.220. The molecule has 0 aliphatic carbocycles. The molecular formula is C20H21N5O3S. The fourth-order valence-corrected chi connectivity index (χ4v) is 4.07. The van der Waals surface area contributed by atoms with E-state index < -0.39 is 10.0 Å². The van der Waals surface area contributed by atoms with Gasteiger partial charge in [0.2, 0.25) is 0 Å². The van der Waals surface area contributed by atoms with Crippen molar-refractivity contribution in [2.75, 3.05) is 41.2 Å². The molecular weight excluding hydrogens is 390 g/mol. The van der Waals surface area contributed by atoms with Crippen molar-refractivity contribution in [3.05, 3.63) is 66.9 Å². The van der Waals surface area contributed by atoms with Gasteiger partial charge in [-0.2, -0.15) is 5.10 Å². The molecule has 3 aromatic rings. The van der Waals surface area contributed by atoms with Gasteiger partial charge in [-0.25, -0.2) is 8.42 Å². The summed E-state index contributed by atoms with van der Waals surface area (Å²) in [5.74, 6) is 0.617. The molecule has 1 aromatic heterocycles. The monoisotopic (exact) mass is 411 g/mol. The van der Waals surface area contributed by atoms with E-state index in [4.69, 9.17) is 4.74 Å². The van der Waals surface area contributed by atoms with Gasteiger partial charge in [-0.1, -0.05) is 18.2 Å². The topological polar surface area (TPSA) is 96.5 Å². The van der Waals surface area contributed by atoms with Crippen molar-refractivity contribution in [2.24, 2.45) is 0 Å². The quantitative estimate of drug-likeness (QED) is 0.644. The molecule has 0 radical (unpaired) electrons. The van der Waals surface area contributed by atoms with E-state index in [0.717, 1.165) is 24.5 Å². The van der Waals surface area contributed by atoms with Crippen LogP contribution in [-0.4, -0.2) is 44.9 Å². The van der Waals surface area contributed by atoms with Crippen LogP contribution >= 0.6 is 0 Å². The van der Waals surface area contributed by atoms with Crippen molar-refractivity contribution in [1.29, 1.82) is 0 Å². The molecule has 1 aliphatic heterocycles. The van der Waals surface area contributed by atoms with Gasteiger partial charge in [-0.3, -0.25) is 4.72 Å². The number of benzene rings is 2. The van der Waals surface area contributed by atoms with E-state index in [1.165, 1.54) is 0 Å². The summed E-state index contributed by atoms with van der Waals surface area (Å²) in [6.45, 7) is 3.04. The van der Waals surface area contributed by atoms with Crippen LogP contribution in [0.3, 0.4) is 0 Å². The standard InChI is InChI=1S/C20H21N5O3S/c26-29(27,19-4-2-1-3-5-19)24-17-8-6-16(7-9-17)22-20-14-18(15-21-23-20)25-10-12-28-13-11-25/h1-9,14-15,24H,10-13H2,(H,22,23). The third-order valence-corrected chi connectivity index (χ3v) is 5.88. The molecule has 0 saturated carbocycles. The SMILES string of the molecule is O=S(=O)(Nc1ccc(Nc2cc(N3CCOCC3)cnn2)cc1)c1ccccc1. The number of nitrogens with zero attached hydrogens (tertiary/aromatic N) is 3.